The van der Waals surface area contributed by atoms with Crippen molar-refractivity contribution in [2.45, 2.75) is 71.6 Å². The summed E-state index contributed by atoms with van der Waals surface area (Å²) in [5.41, 5.74) is 22.7. The van der Waals surface area contributed by atoms with Crippen LogP contribution in [-0.4, -0.2) is 25.7 Å². The zero-order chi connectivity index (χ0) is 23.8. The molecule has 2 aromatic carbocycles. The van der Waals surface area contributed by atoms with E-state index in [-0.39, 0.29) is 0 Å². The first-order valence-electron chi connectivity index (χ1n) is 12.8. The van der Waals surface area contributed by atoms with Crippen molar-refractivity contribution in [2.24, 2.45) is 11.5 Å². The minimum absolute atomic E-state index is 0.517. The van der Waals surface area contributed by atoms with E-state index in [2.05, 4.69) is 61.2 Å². The standard InChI is InChI=1S/C27H36BN3.C2H6/c1-19(2)25-9-3-6-23-16-27-28(18-26(23)25)17-24(31-27)15-20-10-11-21(7-4-12-29)22(14-20)8-5-13-30;1-2/h3,6,9-11,14,17,27,31H,1,4-5,7-8,12-13,15-16,18,29-30H2,2H3;1-2H3. The molecule has 4 rings (SSSR count). The van der Waals surface area contributed by atoms with Gasteiger partial charge in [-0.1, -0.05) is 68.4 Å². The molecule has 0 spiro atoms. The Balaban J connectivity index is 0.00000149. The van der Waals surface area contributed by atoms with Crippen LogP contribution in [0.3, 0.4) is 0 Å². The highest BCUT2D eigenvalue weighted by Crippen LogP contribution is 2.31. The lowest BCUT2D eigenvalue weighted by molar-refractivity contribution is 0.698. The molecule has 4 heteroatoms. The number of hydrogen-bond donors (Lipinski definition) is 3. The second-order valence-electron chi connectivity index (χ2n) is 9.30. The molecule has 5 N–H and O–H groups in total. The zero-order valence-electron chi connectivity index (χ0n) is 20.9. The van der Waals surface area contributed by atoms with Crippen LogP contribution in [0.4, 0.5) is 0 Å². The minimum atomic E-state index is 0.517. The highest BCUT2D eigenvalue weighted by molar-refractivity contribution is 6.67. The monoisotopic (exact) mass is 443 g/mol. The molecule has 0 aromatic heterocycles. The Morgan fingerprint density at radius 1 is 1.06 bits per heavy atom. The third-order valence-corrected chi connectivity index (χ3v) is 6.88. The summed E-state index contributed by atoms with van der Waals surface area (Å²) in [6.45, 7) is 12.4. The molecule has 2 aromatic rings. The average molecular weight is 443 g/mol. The van der Waals surface area contributed by atoms with Crippen molar-refractivity contribution in [2.75, 3.05) is 13.1 Å². The molecule has 3 nitrogen and oxygen atoms in total. The molecule has 2 heterocycles. The van der Waals surface area contributed by atoms with Gasteiger partial charge in [0.25, 0.3) is 0 Å². The van der Waals surface area contributed by atoms with E-state index in [1.807, 2.05) is 13.8 Å². The molecule has 0 aliphatic carbocycles. The number of aryl methyl sites for hydroxylation is 2. The van der Waals surface area contributed by atoms with Crippen LogP contribution in [0.5, 0.6) is 0 Å². The molecule has 0 amide bonds. The van der Waals surface area contributed by atoms with E-state index in [9.17, 15) is 0 Å². The number of hydrogen-bond acceptors (Lipinski definition) is 3. The Kier molecular flexibility index (Phi) is 9.40. The van der Waals surface area contributed by atoms with Gasteiger partial charge in [0.1, 0.15) is 0 Å². The number of fused-ring (bicyclic) bond motifs is 2. The zero-order valence-corrected chi connectivity index (χ0v) is 20.9. The van der Waals surface area contributed by atoms with Gasteiger partial charge in [0.05, 0.1) is 0 Å². The number of nitrogens with one attached hydrogen (secondary N) is 1. The van der Waals surface area contributed by atoms with E-state index >= 15 is 0 Å². The predicted octanol–water partition coefficient (Wildman–Crippen LogP) is 4.84. The predicted molar refractivity (Wildman–Crippen MR) is 146 cm³/mol. The maximum Gasteiger partial charge on any atom is 0.199 e. The van der Waals surface area contributed by atoms with Crippen molar-refractivity contribution in [3.8, 4) is 0 Å². The Morgan fingerprint density at radius 2 is 1.79 bits per heavy atom. The van der Waals surface area contributed by atoms with Crippen LogP contribution in [0, 0.1) is 0 Å². The van der Waals surface area contributed by atoms with E-state index in [4.69, 9.17) is 11.5 Å². The molecule has 0 fully saturated rings. The second-order valence-corrected chi connectivity index (χ2v) is 9.30. The molecule has 1 atom stereocenters. The van der Waals surface area contributed by atoms with Gasteiger partial charge in [0.2, 0.25) is 0 Å². The van der Waals surface area contributed by atoms with E-state index in [1.54, 1.807) is 0 Å². The van der Waals surface area contributed by atoms with Gasteiger partial charge in [-0.25, -0.2) is 0 Å². The molecule has 176 valence electrons. The van der Waals surface area contributed by atoms with Crippen molar-refractivity contribution in [3.05, 3.63) is 88.0 Å². The van der Waals surface area contributed by atoms with Gasteiger partial charge in [-0.15, -0.1) is 0 Å². The van der Waals surface area contributed by atoms with Crippen molar-refractivity contribution >= 4 is 12.3 Å². The van der Waals surface area contributed by atoms with E-state index in [1.165, 1.54) is 44.7 Å². The third-order valence-electron chi connectivity index (χ3n) is 6.88. The van der Waals surface area contributed by atoms with Crippen LogP contribution >= 0.6 is 0 Å². The molecule has 0 bridgehead atoms. The van der Waals surface area contributed by atoms with Crippen LogP contribution in [0.25, 0.3) is 5.57 Å². The molecular formula is C29H42BN3. The lowest BCUT2D eigenvalue weighted by Crippen LogP contribution is -2.42. The number of allylic oxidation sites excluding steroid dienone is 2. The summed E-state index contributed by atoms with van der Waals surface area (Å²) in [5, 5.41) is 3.84. The first-order chi connectivity index (χ1) is 16.1. The van der Waals surface area contributed by atoms with Crippen LogP contribution in [-0.2, 0) is 32.0 Å². The summed E-state index contributed by atoms with van der Waals surface area (Å²) in [6.07, 6.45) is 7.38. The Bertz CT molecular complexity index is 979. The van der Waals surface area contributed by atoms with E-state index in [0.717, 1.165) is 57.9 Å². The summed E-state index contributed by atoms with van der Waals surface area (Å²) >= 11 is 0. The van der Waals surface area contributed by atoms with Crippen molar-refractivity contribution in [3.63, 3.8) is 0 Å². The molecular weight excluding hydrogens is 401 g/mol. The normalized spacial score (nSPS) is 16.2. The number of rotatable bonds is 9. The first-order valence-corrected chi connectivity index (χ1v) is 12.8. The lowest BCUT2D eigenvalue weighted by atomic mass is 9.39. The first kappa shape index (κ1) is 25.3. The summed E-state index contributed by atoms with van der Waals surface area (Å²) < 4.78 is 0. The lowest BCUT2D eigenvalue weighted by Gasteiger charge is -2.28. The average Bonchev–Trinajstić information content (AvgIpc) is 3.22. The Hall–Kier alpha value is -2.30. The fraction of sp³-hybridized carbons (Fsp3) is 0.448. The molecule has 2 aliphatic heterocycles. The van der Waals surface area contributed by atoms with Gasteiger partial charge in [-0.3, -0.25) is 0 Å². The van der Waals surface area contributed by atoms with Crippen LogP contribution in [0.2, 0.25) is 0 Å². The summed E-state index contributed by atoms with van der Waals surface area (Å²) in [6, 6.07) is 13.7. The second kappa shape index (κ2) is 12.2. The smallest absolute Gasteiger partial charge is 0.199 e. The summed E-state index contributed by atoms with van der Waals surface area (Å²) in [7, 11) is 0. The summed E-state index contributed by atoms with van der Waals surface area (Å²) in [4.78, 5) is 0. The van der Waals surface area contributed by atoms with Crippen molar-refractivity contribution in [1.29, 1.82) is 0 Å². The van der Waals surface area contributed by atoms with Crippen molar-refractivity contribution < 1.29 is 0 Å². The molecule has 0 radical (unpaired) electrons. The quantitative estimate of drug-likeness (QED) is 0.486. The molecule has 0 saturated heterocycles. The van der Waals surface area contributed by atoms with Crippen LogP contribution < -0.4 is 16.8 Å². The van der Waals surface area contributed by atoms with E-state index < -0.39 is 0 Å². The third kappa shape index (κ3) is 6.19. The highest BCUT2D eigenvalue weighted by Gasteiger charge is 2.35. The van der Waals surface area contributed by atoms with Gasteiger partial charge >= 0.3 is 0 Å². The fourth-order valence-corrected chi connectivity index (χ4v) is 5.29. The largest absolute Gasteiger partial charge is 0.393 e. The maximum absolute atomic E-state index is 5.78. The van der Waals surface area contributed by atoms with Gasteiger partial charge in [-0.2, -0.15) is 0 Å². The fourth-order valence-electron chi connectivity index (χ4n) is 5.29. The van der Waals surface area contributed by atoms with Crippen LogP contribution in [0.15, 0.2) is 54.6 Å². The Morgan fingerprint density at radius 3 is 2.48 bits per heavy atom. The van der Waals surface area contributed by atoms with E-state index in [0.29, 0.717) is 12.7 Å². The SMILES string of the molecule is C=C(C)c1cccc2c1CB1C=C(Cc3ccc(CCCN)c(CCCN)c3)NC1C2.CC. The van der Waals surface area contributed by atoms with Crippen LogP contribution in [0.1, 0.15) is 67.0 Å². The van der Waals surface area contributed by atoms with Crippen molar-refractivity contribution in [1.82, 2.24) is 5.32 Å². The maximum atomic E-state index is 5.78. The molecule has 33 heavy (non-hydrogen) atoms. The number of nitrogens with two attached hydrogens (primary N) is 2. The van der Waals surface area contributed by atoms with Gasteiger partial charge < -0.3 is 16.8 Å². The van der Waals surface area contributed by atoms with Gasteiger partial charge in [0, 0.05) is 18.1 Å². The van der Waals surface area contributed by atoms with Gasteiger partial charge in [-0.05, 0) is 91.8 Å². The number of benzene rings is 2. The molecule has 2 aliphatic rings. The summed E-state index contributed by atoms with van der Waals surface area (Å²) in [5.74, 6) is 3.01. The Labute approximate surface area is 201 Å². The topological polar surface area (TPSA) is 64.1 Å². The minimum Gasteiger partial charge on any atom is -0.393 e. The highest BCUT2D eigenvalue weighted by atomic mass is 14.9. The molecule has 0 saturated carbocycles. The van der Waals surface area contributed by atoms with Gasteiger partial charge in [0.15, 0.2) is 6.71 Å². The molecule has 1 unspecified atom stereocenters.